The van der Waals surface area contributed by atoms with Gasteiger partial charge in [0.1, 0.15) is 0 Å². The van der Waals surface area contributed by atoms with Gasteiger partial charge in [0.2, 0.25) is 5.91 Å². The van der Waals surface area contributed by atoms with Crippen LogP contribution in [0.3, 0.4) is 0 Å². The van der Waals surface area contributed by atoms with Crippen LogP contribution in [0.25, 0.3) is 0 Å². The largest absolute Gasteiger partial charge is 0.352 e. The van der Waals surface area contributed by atoms with Gasteiger partial charge in [-0.05, 0) is 22.8 Å². The van der Waals surface area contributed by atoms with Crippen molar-refractivity contribution in [1.29, 1.82) is 0 Å². The molecule has 2 aromatic carbocycles. The molecule has 126 valence electrons. The molecule has 0 radical (unpaired) electrons. The van der Waals surface area contributed by atoms with Crippen molar-refractivity contribution in [1.82, 2.24) is 16.0 Å². The van der Waals surface area contributed by atoms with Crippen molar-refractivity contribution in [3.05, 3.63) is 70.2 Å². The smallest absolute Gasteiger partial charge is 0.315 e. The van der Waals surface area contributed by atoms with Crippen LogP contribution in [-0.2, 0) is 24.4 Å². The zero-order valence-electron chi connectivity index (χ0n) is 13.4. The van der Waals surface area contributed by atoms with Gasteiger partial charge in [0, 0.05) is 31.6 Å². The monoisotopic (exact) mass is 345 g/mol. The molecule has 0 spiro atoms. The van der Waals surface area contributed by atoms with Gasteiger partial charge in [0.25, 0.3) is 0 Å². The summed E-state index contributed by atoms with van der Waals surface area (Å²) in [6.45, 7) is 2.73. The van der Waals surface area contributed by atoms with E-state index in [4.69, 9.17) is 11.6 Å². The average Bonchev–Trinajstić information content (AvgIpc) is 2.58. The molecule has 3 amide bonds. The van der Waals surface area contributed by atoms with Gasteiger partial charge >= 0.3 is 6.03 Å². The summed E-state index contributed by atoms with van der Waals surface area (Å²) in [5, 5.41) is 8.95. The van der Waals surface area contributed by atoms with E-state index in [1.165, 1.54) is 6.92 Å². The molecule has 5 nitrogen and oxygen atoms in total. The van der Waals surface area contributed by atoms with Crippen LogP contribution in [0.5, 0.6) is 0 Å². The summed E-state index contributed by atoms with van der Waals surface area (Å²) in [7, 11) is 0. The predicted molar refractivity (Wildman–Crippen MR) is 94.5 cm³/mol. The molecular weight excluding hydrogens is 326 g/mol. The molecule has 0 saturated heterocycles. The number of carbonyl (C=O) groups is 2. The Bertz CT molecular complexity index is 719. The topological polar surface area (TPSA) is 70.2 Å². The SMILES string of the molecule is CC(=O)NCc1cccc(CNC(=O)NCc2ccccc2Cl)c1. The molecule has 0 saturated carbocycles. The maximum Gasteiger partial charge on any atom is 0.315 e. The highest BCUT2D eigenvalue weighted by Gasteiger charge is 2.04. The zero-order chi connectivity index (χ0) is 17.4. The van der Waals surface area contributed by atoms with E-state index >= 15 is 0 Å². The van der Waals surface area contributed by atoms with Crippen molar-refractivity contribution in [2.45, 2.75) is 26.6 Å². The number of halogens is 1. The molecule has 0 fully saturated rings. The number of rotatable bonds is 6. The van der Waals surface area contributed by atoms with Crippen molar-refractivity contribution < 1.29 is 9.59 Å². The van der Waals surface area contributed by atoms with Gasteiger partial charge < -0.3 is 16.0 Å². The van der Waals surface area contributed by atoms with Crippen LogP contribution in [0.15, 0.2) is 48.5 Å². The van der Waals surface area contributed by atoms with Gasteiger partial charge in [-0.2, -0.15) is 0 Å². The molecule has 6 heteroatoms. The maximum atomic E-state index is 11.9. The summed E-state index contributed by atoms with van der Waals surface area (Å²) in [5.41, 5.74) is 2.82. The lowest BCUT2D eigenvalue weighted by molar-refractivity contribution is -0.119. The Balaban J connectivity index is 1.80. The third kappa shape index (κ3) is 5.93. The molecule has 0 aliphatic carbocycles. The summed E-state index contributed by atoms with van der Waals surface area (Å²) < 4.78 is 0. The lowest BCUT2D eigenvalue weighted by Gasteiger charge is -2.10. The quantitative estimate of drug-likeness (QED) is 0.753. The first-order valence-corrected chi connectivity index (χ1v) is 8.00. The van der Waals surface area contributed by atoms with Crippen molar-refractivity contribution in [2.24, 2.45) is 0 Å². The average molecular weight is 346 g/mol. The van der Waals surface area contributed by atoms with Gasteiger partial charge in [-0.3, -0.25) is 4.79 Å². The first-order chi connectivity index (χ1) is 11.5. The van der Waals surface area contributed by atoms with Crippen molar-refractivity contribution in [2.75, 3.05) is 0 Å². The molecule has 0 atom stereocenters. The summed E-state index contributed by atoms with van der Waals surface area (Å²) in [5.74, 6) is -0.0718. The van der Waals surface area contributed by atoms with E-state index in [0.717, 1.165) is 16.7 Å². The second kappa shape index (κ2) is 8.93. The maximum absolute atomic E-state index is 11.9. The van der Waals surface area contributed by atoms with Gasteiger partial charge in [0.05, 0.1) is 0 Å². The molecule has 0 unspecified atom stereocenters. The van der Waals surface area contributed by atoms with E-state index in [1.807, 2.05) is 42.5 Å². The molecule has 0 aliphatic rings. The van der Waals surface area contributed by atoms with Crippen molar-refractivity contribution >= 4 is 23.5 Å². The van der Waals surface area contributed by atoms with Crippen LogP contribution >= 0.6 is 11.6 Å². The number of hydrogen-bond donors (Lipinski definition) is 3. The van der Waals surface area contributed by atoms with Gasteiger partial charge in [0.15, 0.2) is 0 Å². The minimum absolute atomic E-state index is 0.0718. The van der Waals surface area contributed by atoms with Crippen LogP contribution in [0.2, 0.25) is 5.02 Å². The number of benzene rings is 2. The molecule has 0 aromatic heterocycles. The molecule has 2 rings (SSSR count). The zero-order valence-corrected chi connectivity index (χ0v) is 14.2. The molecule has 0 heterocycles. The molecule has 3 N–H and O–H groups in total. The fourth-order valence-corrected chi connectivity index (χ4v) is 2.34. The van der Waals surface area contributed by atoms with Crippen molar-refractivity contribution in [3.63, 3.8) is 0 Å². The second-order valence-corrected chi connectivity index (χ2v) is 5.76. The summed E-state index contributed by atoms with van der Waals surface area (Å²) >= 11 is 6.05. The van der Waals surface area contributed by atoms with Gasteiger partial charge in [-0.1, -0.05) is 54.1 Å². The fourth-order valence-electron chi connectivity index (χ4n) is 2.14. The molecule has 0 bridgehead atoms. The highest BCUT2D eigenvalue weighted by molar-refractivity contribution is 6.31. The van der Waals surface area contributed by atoms with E-state index in [2.05, 4.69) is 16.0 Å². The lowest BCUT2D eigenvalue weighted by atomic mass is 10.1. The van der Waals surface area contributed by atoms with Crippen LogP contribution in [0, 0.1) is 0 Å². The Labute approximate surface area is 146 Å². The highest BCUT2D eigenvalue weighted by atomic mass is 35.5. The normalized spacial score (nSPS) is 10.1. The van der Waals surface area contributed by atoms with E-state index in [1.54, 1.807) is 6.07 Å². The Hall–Kier alpha value is -2.53. The summed E-state index contributed by atoms with van der Waals surface area (Å²) in [6, 6.07) is 14.8. The van der Waals surface area contributed by atoms with E-state index in [9.17, 15) is 9.59 Å². The van der Waals surface area contributed by atoms with Crippen LogP contribution in [0.4, 0.5) is 4.79 Å². The standard InChI is InChI=1S/C18H20ClN3O2/c1-13(23)20-10-14-5-4-6-15(9-14)11-21-18(24)22-12-16-7-2-3-8-17(16)19/h2-9H,10-12H2,1H3,(H,20,23)(H2,21,22,24). The third-order valence-corrected chi connectivity index (χ3v) is 3.75. The third-order valence-electron chi connectivity index (χ3n) is 3.38. The van der Waals surface area contributed by atoms with Crippen molar-refractivity contribution in [3.8, 4) is 0 Å². The molecule has 24 heavy (non-hydrogen) atoms. The lowest BCUT2D eigenvalue weighted by Crippen LogP contribution is -2.34. The Kier molecular flexibility index (Phi) is 6.63. The molecule has 2 aromatic rings. The van der Waals surface area contributed by atoms with Crippen LogP contribution < -0.4 is 16.0 Å². The number of hydrogen-bond acceptors (Lipinski definition) is 2. The highest BCUT2D eigenvalue weighted by Crippen LogP contribution is 2.14. The molecule has 0 aliphatic heterocycles. The minimum atomic E-state index is -0.262. The number of nitrogens with one attached hydrogen (secondary N) is 3. The van der Waals surface area contributed by atoms with E-state index in [0.29, 0.717) is 24.7 Å². The number of urea groups is 1. The Morgan fingerprint density at radius 3 is 2.17 bits per heavy atom. The van der Waals surface area contributed by atoms with Crippen LogP contribution in [-0.4, -0.2) is 11.9 Å². The fraction of sp³-hybridized carbons (Fsp3) is 0.222. The second-order valence-electron chi connectivity index (χ2n) is 5.36. The Morgan fingerprint density at radius 1 is 0.875 bits per heavy atom. The van der Waals surface area contributed by atoms with Gasteiger partial charge in [-0.15, -0.1) is 0 Å². The van der Waals surface area contributed by atoms with Gasteiger partial charge in [-0.25, -0.2) is 4.79 Å². The summed E-state index contributed by atoms with van der Waals surface area (Å²) in [4.78, 5) is 22.8. The minimum Gasteiger partial charge on any atom is -0.352 e. The van der Waals surface area contributed by atoms with E-state index < -0.39 is 0 Å². The number of carbonyl (C=O) groups excluding carboxylic acids is 2. The molecular formula is C18H20ClN3O2. The van der Waals surface area contributed by atoms with Crippen LogP contribution in [0.1, 0.15) is 23.6 Å². The summed E-state index contributed by atoms with van der Waals surface area (Å²) in [6.07, 6.45) is 0. The first-order valence-electron chi connectivity index (χ1n) is 7.62. The number of amides is 3. The first kappa shape index (κ1) is 17.8. The predicted octanol–water partition coefficient (Wildman–Crippen LogP) is 2.98. The Morgan fingerprint density at radius 2 is 1.50 bits per heavy atom. The van der Waals surface area contributed by atoms with E-state index in [-0.39, 0.29) is 11.9 Å².